The standard InChI is InChI=1S/C10H9ClO2/c11-7-1-3-9(4-2-7)13-10-5-8(12)6-10/h1-4,10H,5-6H2. The molecule has 3 heteroatoms. The van der Waals surface area contributed by atoms with Gasteiger partial charge in [0.15, 0.2) is 0 Å². The highest BCUT2D eigenvalue weighted by Gasteiger charge is 2.28. The highest BCUT2D eigenvalue weighted by Crippen LogP contribution is 2.23. The second kappa shape index (κ2) is 3.38. The Labute approximate surface area is 81.5 Å². The molecule has 1 aromatic carbocycles. The van der Waals surface area contributed by atoms with Crippen molar-refractivity contribution in [2.45, 2.75) is 18.9 Å². The van der Waals surface area contributed by atoms with Crippen LogP contribution in [0.5, 0.6) is 5.75 Å². The third-order valence-corrected chi connectivity index (χ3v) is 2.28. The molecule has 1 fully saturated rings. The van der Waals surface area contributed by atoms with Crippen molar-refractivity contribution < 1.29 is 9.53 Å². The summed E-state index contributed by atoms with van der Waals surface area (Å²) in [6.07, 6.45) is 1.17. The molecule has 0 aliphatic heterocycles. The lowest BCUT2D eigenvalue weighted by Crippen LogP contribution is -2.33. The van der Waals surface area contributed by atoms with Crippen LogP contribution in [0.3, 0.4) is 0 Å². The van der Waals surface area contributed by atoms with Crippen LogP contribution in [0.25, 0.3) is 0 Å². The van der Waals surface area contributed by atoms with Crippen molar-refractivity contribution in [3.63, 3.8) is 0 Å². The topological polar surface area (TPSA) is 26.3 Å². The van der Waals surface area contributed by atoms with Crippen LogP contribution in [0, 0.1) is 0 Å². The highest BCUT2D eigenvalue weighted by molar-refractivity contribution is 6.30. The number of hydrogen-bond donors (Lipinski definition) is 0. The average Bonchev–Trinajstić information content (AvgIpc) is 2.06. The summed E-state index contributed by atoms with van der Waals surface area (Å²) in [7, 11) is 0. The predicted molar refractivity (Wildman–Crippen MR) is 50.1 cm³/mol. The number of rotatable bonds is 2. The van der Waals surface area contributed by atoms with Crippen molar-refractivity contribution in [3.05, 3.63) is 29.3 Å². The maximum absolute atomic E-state index is 10.7. The van der Waals surface area contributed by atoms with Crippen molar-refractivity contribution in [3.8, 4) is 5.75 Å². The van der Waals surface area contributed by atoms with Crippen molar-refractivity contribution in [1.82, 2.24) is 0 Å². The highest BCUT2D eigenvalue weighted by atomic mass is 35.5. The molecule has 1 aromatic rings. The van der Waals surface area contributed by atoms with Gasteiger partial charge in [-0.1, -0.05) is 11.6 Å². The van der Waals surface area contributed by atoms with E-state index in [1.165, 1.54) is 0 Å². The molecule has 0 spiro atoms. The smallest absolute Gasteiger partial charge is 0.140 e. The Morgan fingerprint density at radius 3 is 2.38 bits per heavy atom. The third-order valence-electron chi connectivity index (χ3n) is 2.03. The Kier molecular flexibility index (Phi) is 2.23. The minimum Gasteiger partial charge on any atom is -0.490 e. The first-order valence-electron chi connectivity index (χ1n) is 4.18. The largest absolute Gasteiger partial charge is 0.490 e. The second-order valence-corrected chi connectivity index (χ2v) is 3.58. The second-order valence-electron chi connectivity index (χ2n) is 3.14. The van der Waals surface area contributed by atoms with Crippen LogP contribution in [0.1, 0.15) is 12.8 Å². The molecule has 0 bridgehead atoms. The zero-order valence-corrected chi connectivity index (χ0v) is 7.75. The van der Waals surface area contributed by atoms with Crippen LogP contribution >= 0.6 is 11.6 Å². The van der Waals surface area contributed by atoms with E-state index in [-0.39, 0.29) is 11.9 Å². The average molecular weight is 197 g/mol. The summed E-state index contributed by atoms with van der Waals surface area (Å²) in [5.41, 5.74) is 0. The Morgan fingerprint density at radius 2 is 1.85 bits per heavy atom. The number of halogens is 1. The molecule has 1 aliphatic carbocycles. The van der Waals surface area contributed by atoms with Gasteiger partial charge in [-0.15, -0.1) is 0 Å². The minimum absolute atomic E-state index is 0.0775. The monoisotopic (exact) mass is 196 g/mol. The van der Waals surface area contributed by atoms with Gasteiger partial charge in [0, 0.05) is 17.9 Å². The maximum atomic E-state index is 10.7. The molecule has 13 heavy (non-hydrogen) atoms. The van der Waals surface area contributed by atoms with Gasteiger partial charge >= 0.3 is 0 Å². The number of hydrogen-bond acceptors (Lipinski definition) is 2. The summed E-state index contributed by atoms with van der Waals surface area (Å²) >= 11 is 5.71. The van der Waals surface area contributed by atoms with Gasteiger partial charge in [-0.25, -0.2) is 0 Å². The molecular weight excluding hydrogens is 188 g/mol. The molecule has 0 aromatic heterocycles. The van der Waals surface area contributed by atoms with Crippen LogP contribution in [0.4, 0.5) is 0 Å². The fourth-order valence-electron chi connectivity index (χ4n) is 1.24. The van der Waals surface area contributed by atoms with Gasteiger partial charge in [0.2, 0.25) is 0 Å². The lowest BCUT2D eigenvalue weighted by Gasteiger charge is -2.25. The first-order valence-corrected chi connectivity index (χ1v) is 4.56. The lowest BCUT2D eigenvalue weighted by atomic mass is 9.94. The van der Waals surface area contributed by atoms with Gasteiger partial charge in [0.05, 0.1) is 0 Å². The molecule has 1 aliphatic rings. The fraction of sp³-hybridized carbons (Fsp3) is 0.300. The Bertz CT molecular complexity index is 310. The van der Waals surface area contributed by atoms with Crippen molar-refractivity contribution in [1.29, 1.82) is 0 Å². The molecule has 0 unspecified atom stereocenters. The van der Waals surface area contributed by atoms with Crippen LogP contribution in [0.2, 0.25) is 5.02 Å². The zero-order valence-electron chi connectivity index (χ0n) is 7.00. The van der Waals surface area contributed by atoms with Crippen LogP contribution in [0.15, 0.2) is 24.3 Å². The Balaban J connectivity index is 1.95. The SMILES string of the molecule is O=C1CC(Oc2ccc(Cl)cc2)C1. The van der Waals surface area contributed by atoms with Gasteiger partial charge in [0.25, 0.3) is 0 Å². The van der Waals surface area contributed by atoms with Gasteiger partial charge < -0.3 is 4.74 Å². The predicted octanol–water partition coefficient (Wildman–Crippen LogP) is 2.45. The van der Waals surface area contributed by atoms with Gasteiger partial charge in [-0.2, -0.15) is 0 Å². The van der Waals surface area contributed by atoms with Crippen molar-refractivity contribution >= 4 is 17.4 Å². The van der Waals surface area contributed by atoms with E-state index in [9.17, 15) is 4.79 Å². The number of carbonyl (C=O) groups is 1. The molecule has 0 N–H and O–H groups in total. The van der Waals surface area contributed by atoms with Crippen molar-refractivity contribution in [2.24, 2.45) is 0 Å². The number of Topliss-reactive ketones (excluding diaryl/α,β-unsaturated/α-hetero) is 1. The minimum atomic E-state index is 0.0775. The number of ketones is 1. The number of carbonyl (C=O) groups excluding carboxylic acids is 1. The molecule has 2 rings (SSSR count). The van der Waals surface area contributed by atoms with E-state index in [1.54, 1.807) is 12.1 Å². The summed E-state index contributed by atoms with van der Waals surface area (Å²) in [5, 5.41) is 0.692. The normalized spacial score (nSPS) is 16.8. The van der Waals surface area contributed by atoms with E-state index < -0.39 is 0 Å². The first kappa shape index (κ1) is 8.57. The summed E-state index contributed by atoms with van der Waals surface area (Å²) in [6, 6.07) is 7.17. The molecule has 0 amide bonds. The van der Waals surface area contributed by atoms with Crippen molar-refractivity contribution in [2.75, 3.05) is 0 Å². The van der Waals surface area contributed by atoms with E-state index in [4.69, 9.17) is 16.3 Å². The molecule has 2 nitrogen and oxygen atoms in total. The summed E-state index contributed by atoms with van der Waals surface area (Å²) < 4.78 is 5.50. The molecule has 0 saturated heterocycles. The summed E-state index contributed by atoms with van der Waals surface area (Å²) in [4.78, 5) is 10.7. The molecule has 1 saturated carbocycles. The molecule has 0 atom stereocenters. The maximum Gasteiger partial charge on any atom is 0.140 e. The van der Waals surface area contributed by atoms with Crippen LogP contribution in [-0.4, -0.2) is 11.9 Å². The number of ether oxygens (including phenoxy) is 1. The van der Waals surface area contributed by atoms with Gasteiger partial charge in [-0.3, -0.25) is 4.79 Å². The molecular formula is C10H9ClO2. The Hall–Kier alpha value is -1.02. The quantitative estimate of drug-likeness (QED) is 0.727. The zero-order chi connectivity index (χ0) is 9.26. The van der Waals surface area contributed by atoms with E-state index in [2.05, 4.69) is 0 Å². The first-order chi connectivity index (χ1) is 6.24. The molecule has 0 radical (unpaired) electrons. The molecule has 68 valence electrons. The van der Waals surface area contributed by atoms with Crippen LogP contribution in [-0.2, 0) is 4.79 Å². The van der Waals surface area contributed by atoms with E-state index in [0.717, 1.165) is 5.75 Å². The Morgan fingerprint density at radius 1 is 1.23 bits per heavy atom. The summed E-state index contributed by atoms with van der Waals surface area (Å²) in [5.74, 6) is 1.06. The van der Waals surface area contributed by atoms with E-state index in [0.29, 0.717) is 17.9 Å². The van der Waals surface area contributed by atoms with Gasteiger partial charge in [0.1, 0.15) is 17.6 Å². The lowest BCUT2D eigenvalue weighted by molar-refractivity contribution is -0.129. The van der Waals surface area contributed by atoms with Gasteiger partial charge in [-0.05, 0) is 24.3 Å². The van der Waals surface area contributed by atoms with E-state index in [1.807, 2.05) is 12.1 Å². The summed E-state index contributed by atoms with van der Waals surface area (Å²) in [6.45, 7) is 0. The number of benzene rings is 1. The van der Waals surface area contributed by atoms with Crippen LogP contribution < -0.4 is 4.74 Å². The van der Waals surface area contributed by atoms with E-state index >= 15 is 0 Å². The molecule has 0 heterocycles. The third kappa shape index (κ3) is 2.01. The fourth-order valence-corrected chi connectivity index (χ4v) is 1.36.